The summed E-state index contributed by atoms with van der Waals surface area (Å²) in [6, 6.07) is 11.4. The quantitative estimate of drug-likeness (QED) is 0.502. The lowest BCUT2D eigenvalue weighted by Gasteiger charge is -2.09. The van der Waals surface area contributed by atoms with Crippen LogP contribution in [0.25, 0.3) is 0 Å². The fraction of sp³-hybridized carbons (Fsp3) is 0.348. The van der Waals surface area contributed by atoms with Gasteiger partial charge in [-0.25, -0.2) is 0 Å². The van der Waals surface area contributed by atoms with Crippen molar-refractivity contribution in [2.45, 2.75) is 19.3 Å². The highest BCUT2D eigenvalue weighted by molar-refractivity contribution is 5.80. The molecule has 0 bridgehead atoms. The molecule has 6 heteroatoms. The number of allylic oxidation sites excluding steroid dienone is 1. The van der Waals surface area contributed by atoms with Crippen LogP contribution in [0.2, 0.25) is 0 Å². The summed E-state index contributed by atoms with van der Waals surface area (Å²) in [6.45, 7) is 0.0513. The maximum atomic E-state index is 12.0. The summed E-state index contributed by atoms with van der Waals surface area (Å²) in [6.07, 6.45) is 5.12. The van der Waals surface area contributed by atoms with Gasteiger partial charge in [0.05, 0.1) is 34.7 Å². The molecule has 2 aromatic rings. The predicted molar refractivity (Wildman–Crippen MR) is 111 cm³/mol. The number of carbonyl (C=O) groups excluding carboxylic acids is 1. The molecule has 6 nitrogen and oxygen atoms in total. The molecule has 0 aliphatic heterocycles. The number of hydrogen-bond acceptors (Lipinski definition) is 6. The Morgan fingerprint density at radius 1 is 0.793 bits per heavy atom. The molecule has 0 saturated carbocycles. The lowest BCUT2D eigenvalue weighted by Crippen LogP contribution is -2.07. The number of ether oxygens (including phenoxy) is 5. The number of Topliss-reactive ketones (excluding diaryl/α,β-unsaturated/α-hetero) is 1. The van der Waals surface area contributed by atoms with E-state index in [2.05, 4.69) is 0 Å². The largest absolute Gasteiger partial charge is 0.494 e. The Labute approximate surface area is 172 Å². The molecule has 0 amide bonds. The highest BCUT2D eigenvalue weighted by atomic mass is 16.5. The number of benzene rings is 2. The standard InChI is InChI=1S/C23H28O6/c1-25-20-11-8-17(14-22(20)27-3)6-5-13-29-16-19(24)10-7-18-9-12-21(26-2)23(15-18)28-4/h5,8-9,11-15H,6-7,10,16H2,1-4H3. The molecule has 0 saturated heterocycles. The minimum Gasteiger partial charge on any atom is -0.494 e. The Kier molecular flexibility index (Phi) is 8.89. The topological polar surface area (TPSA) is 63.2 Å². The molecule has 0 aliphatic rings. The van der Waals surface area contributed by atoms with Gasteiger partial charge in [0.2, 0.25) is 0 Å². The van der Waals surface area contributed by atoms with E-state index in [1.807, 2.05) is 42.5 Å². The van der Waals surface area contributed by atoms with Crippen LogP contribution in [0.1, 0.15) is 17.5 Å². The Bertz CT molecular complexity index is 828. The van der Waals surface area contributed by atoms with Crippen LogP contribution in [0.15, 0.2) is 48.7 Å². The van der Waals surface area contributed by atoms with Crippen molar-refractivity contribution in [1.82, 2.24) is 0 Å². The Balaban J connectivity index is 1.74. The van der Waals surface area contributed by atoms with Gasteiger partial charge in [-0.2, -0.15) is 0 Å². The molecule has 0 heterocycles. The molecule has 2 rings (SSSR count). The van der Waals surface area contributed by atoms with Crippen LogP contribution in [0.4, 0.5) is 0 Å². The Morgan fingerprint density at radius 2 is 1.34 bits per heavy atom. The number of rotatable bonds is 12. The zero-order valence-electron chi connectivity index (χ0n) is 17.4. The van der Waals surface area contributed by atoms with E-state index in [9.17, 15) is 4.79 Å². The van der Waals surface area contributed by atoms with Gasteiger partial charge in [-0.1, -0.05) is 12.1 Å². The third-order valence-electron chi connectivity index (χ3n) is 4.38. The Morgan fingerprint density at radius 3 is 1.93 bits per heavy atom. The lowest BCUT2D eigenvalue weighted by molar-refractivity contribution is -0.121. The van der Waals surface area contributed by atoms with Crippen LogP contribution in [-0.4, -0.2) is 40.8 Å². The molecular formula is C23H28O6. The van der Waals surface area contributed by atoms with Crippen LogP contribution < -0.4 is 18.9 Å². The number of carbonyl (C=O) groups is 1. The van der Waals surface area contributed by atoms with Crippen molar-refractivity contribution < 1.29 is 28.5 Å². The van der Waals surface area contributed by atoms with E-state index in [-0.39, 0.29) is 12.4 Å². The van der Waals surface area contributed by atoms with Crippen molar-refractivity contribution in [2.75, 3.05) is 35.0 Å². The zero-order valence-corrected chi connectivity index (χ0v) is 17.4. The maximum absolute atomic E-state index is 12.0. The summed E-state index contributed by atoms with van der Waals surface area (Å²) < 4.78 is 26.4. The van der Waals surface area contributed by atoms with Gasteiger partial charge in [-0.05, 0) is 54.3 Å². The molecule has 29 heavy (non-hydrogen) atoms. The normalized spacial score (nSPS) is 10.6. The second kappa shape index (κ2) is 11.6. The van der Waals surface area contributed by atoms with Gasteiger partial charge in [0.15, 0.2) is 28.8 Å². The summed E-state index contributed by atoms with van der Waals surface area (Å²) in [4.78, 5) is 12.0. The molecule has 0 atom stereocenters. The number of ketones is 1. The van der Waals surface area contributed by atoms with Crippen molar-refractivity contribution in [3.05, 3.63) is 59.9 Å². The van der Waals surface area contributed by atoms with E-state index in [4.69, 9.17) is 23.7 Å². The van der Waals surface area contributed by atoms with Gasteiger partial charge >= 0.3 is 0 Å². The van der Waals surface area contributed by atoms with Gasteiger partial charge < -0.3 is 23.7 Å². The molecule has 0 aliphatic carbocycles. The molecule has 0 N–H and O–H groups in total. The average Bonchev–Trinajstić information content (AvgIpc) is 2.76. The van der Waals surface area contributed by atoms with Gasteiger partial charge in [0.25, 0.3) is 0 Å². The van der Waals surface area contributed by atoms with E-state index in [1.165, 1.54) is 0 Å². The van der Waals surface area contributed by atoms with Gasteiger partial charge in [0, 0.05) is 6.42 Å². The Hall–Kier alpha value is -3.15. The molecule has 0 spiro atoms. The van der Waals surface area contributed by atoms with Crippen LogP contribution in [0.3, 0.4) is 0 Å². The monoisotopic (exact) mass is 400 g/mol. The third kappa shape index (κ3) is 6.75. The molecular weight excluding hydrogens is 372 g/mol. The molecule has 0 radical (unpaired) electrons. The first-order valence-corrected chi connectivity index (χ1v) is 9.31. The molecule has 156 valence electrons. The fourth-order valence-electron chi connectivity index (χ4n) is 2.79. The highest BCUT2D eigenvalue weighted by Crippen LogP contribution is 2.28. The first-order valence-electron chi connectivity index (χ1n) is 9.31. The van der Waals surface area contributed by atoms with Crippen molar-refractivity contribution in [3.63, 3.8) is 0 Å². The lowest BCUT2D eigenvalue weighted by atomic mass is 10.1. The highest BCUT2D eigenvalue weighted by Gasteiger charge is 2.07. The summed E-state index contributed by atoms with van der Waals surface area (Å²) in [7, 11) is 6.40. The van der Waals surface area contributed by atoms with E-state index in [0.717, 1.165) is 11.1 Å². The minimum atomic E-state index is 0.0375. The third-order valence-corrected chi connectivity index (χ3v) is 4.38. The molecule has 0 fully saturated rings. The van der Waals surface area contributed by atoms with Crippen molar-refractivity contribution in [1.29, 1.82) is 0 Å². The predicted octanol–water partition coefficient (Wildman–Crippen LogP) is 4.00. The average molecular weight is 400 g/mol. The molecule has 0 unspecified atom stereocenters. The number of hydrogen-bond donors (Lipinski definition) is 0. The van der Waals surface area contributed by atoms with Crippen LogP contribution >= 0.6 is 0 Å². The minimum absolute atomic E-state index is 0.0375. The maximum Gasteiger partial charge on any atom is 0.170 e. The fourth-order valence-corrected chi connectivity index (χ4v) is 2.79. The van der Waals surface area contributed by atoms with E-state index < -0.39 is 0 Å². The first kappa shape index (κ1) is 22.1. The van der Waals surface area contributed by atoms with Crippen molar-refractivity contribution in [3.8, 4) is 23.0 Å². The van der Waals surface area contributed by atoms with E-state index >= 15 is 0 Å². The summed E-state index contributed by atoms with van der Waals surface area (Å²) in [5, 5.41) is 0. The van der Waals surface area contributed by atoms with Gasteiger partial charge in [0.1, 0.15) is 6.61 Å². The molecule has 2 aromatic carbocycles. The molecule has 0 aromatic heterocycles. The van der Waals surface area contributed by atoms with E-state index in [0.29, 0.717) is 42.3 Å². The van der Waals surface area contributed by atoms with Gasteiger partial charge in [-0.3, -0.25) is 4.79 Å². The number of methoxy groups -OCH3 is 4. The van der Waals surface area contributed by atoms with Crippen molar-refractivity contribution in [2.24, 2.45) is 0 Å². The smallest absolute Gasteiger partial charge is 0.170 e. The second-order valence-corrected chi connectivity index (χ2v) is 6.30. The van der Waals surface area contributed by atoms with Crippen molar-refractivity contribution >= 4 is 5.78 Å². The zero-order chi connectivity index (χ0) is 21.1. The first-order chi connectivity index (χ1) is 14.1. The van der Waals surface area contributed by atoms with Crippen LogP contribution in [0.5, 0.6) is 23.0 Å². The van der Waals surface area contributed by atoms with Gasteiger partial charge in [-0.15, -0.1) is 0 Å². The van der Waals surface area contributed by atoms with Crippen LogP contribution in [0, 0.1) is 0 Å². The SMILES string of the molecule is COc1ccc(CC=COCC(=O)CCc2ccc(OC)c(OC)c2)cc1OC. The van der Waals surface area contributed by atoms with E-state index in [1.54, 1.807) is 34.7 Å². The summed E-state index contributed by atoms with van der Waals surface area (Å²) in [5.74, 6) is 2.74. The number of aryl methyl sites for hydroxylation is 1. The van der Waals surface area contributed by atoms with Crippen LogP contribution in [-0.2, 0) is 22.4 Å². The second-order valence-electron chi connectivity index (χ2n) is 6.30. The summed E-state index contributed by atoms with van der Waals surface area (Å²) >= 11 is 0. The summed E-state index contributed by atoms with van der Waals surface area (Å²) in [5.41, 5.74) is 2.07.